The van der Waals surface area contributed by atoms with Gasteiger partial charge in [0, 0.05) is 24.6 Å². The Bertz CT molecular complexity index is 950. The smallest absolute Gasteiger partial charge is 0.121 e. The van der Waals surface area contributed by atoms with Crippen LogP contribution in [0.4, 0.5) is 0 Å². The summed E-state index contributed by atoms with van der Waals surface area (Å²) in [4.78, 5) is 0. The summed E-state index contributed by atoms with van der Waals surface area (Å²) in [5.74, 6) is 0.816. The van der Waals surface area contributed by atoms with E-state index in [1.165, 1.54) is 6.42 Å². The van der Waals surface area contributed by atoms with Crippen LogP contribution >= 0.6 is 0 Å². The molecule has 4 heteroatoms. The zero-order valence-electron chi connectivity index (χ0n) is 14.9. The molecule has 1 aromatic heterocycles. The van der Waals surface area contributed by atoms with Crippen LogP contribution in [0, 0.1) is 11.3 Å². The predicted molar refractivity (Wildman–Crippen MR) is 102 cm³/mol. The third kappa shape index (κ3) is 2.85. The largest absolute Gasteiger partial charge is 0.491 e. The monoisotopic (exact) mass is 346 g/mol. The SMILES string of the molecule is COCCOc1ccc2c(C#N)c(-c3ccccc3)n(C3CCC3)c2c1. The first-order chi connectivity index (χ1) is 12.8. The highest BCUT2D eigenvalue weighted by atomic mass is 16.5. The van der Waals surface area contributed by atoms with E-state index in [1.54, 1.807) is 7.11 Å². The third-order valence-electron chi connectivity index (χ3n) is 5.13. The number of benzene rings is 2. The molecule has 0 spiro atoms. The van der Waals surface area contributed by atoms with Gasteiger partial charge in [0.15, 0.2) is 0 Å². The van der Waals surface area contributed by atoms with Crippen LogP contribution in [0.3, 0.4) is 0 Å². The van der Waals surface area contributed by atoms with E-state index in [1.807, 2.05) is 30.3 Å². The Labute approximate surface area is 153 Å². The Balaban J connectivity index is 1.90. The van der Waals surface area contributed by atoms with E-state index in [2.05, 4.69) is 28.8 Å². The number of methoxy groups -OCH3 is 1. The topological polar surface area (TPSA) is 47.2 Å². The molecule has 4 nitrogen and oxygen atoms in total. The minimum absolute atomic E-state index is 0.448. The van der Waals surface area contributed by atoms with Crippen LogP contribution in [-0.4, -0.2) is 24.9 Å². The molecule has 26 heavy (non-hydrogen) atoms. The first-order valence-electron chi connectivity index (χ1n) is 9.08. The molecular formula is C22H22N2O2. The molecule has 1 fully saturated rings. The van der Waals surface area contributed by atoms with Crippen molar-refractivity contribution in [3.05, 3.63) is 54.1 Å². The summed E-state index contributed by atoms with van der Waals surface area (Å²) in [6.07, 6.45) is 3.55. The molecule has 1 aliphatic rings. The summed E-state index contributed by atoms with van der Waals surface area (Å²) in [6, 6.07) is 19.1. The second-order valence-corrected chi connectivity index (χ2v) is 6.68. The maximum absolute atomic E-state index is 9.90. The number of hydrogen-bond donors (Lipinski definition) is 0. The van der Waals surface area contributed by atoms with E-state index in [0.29, 0.717) is 19.3 Å². The number of aromatic nitrogens is 1. The van der Waals surface area contributed by atoms with Crippen molar-refractivity contribution in [1.82, 2.24) is 4.57 Å². The molecule has 2 aromatic carbocycles. The van der Waals surface area contributed by atoms with Crippen molar-refractivity contribution >= 4 is 10.9 Å². The fourth-order valence-electron chi connectivity index (χ4n) is 3.64. The lowest BCUT2D eigenvalue weighted by Gasteiger charge is -2.30. The van der Waals surface area contributed by atoms with Gasteiger partial charge in [0.1, 0.15) is 18.4 Å². The molecule has 0 N–H and O–H groups in total. The van der Waals surface area contributed by atoms with Crippen molar-refractivity contribution in [3.63, 3.8) is 0 Å². The molecule has 1 saturated carbocycles. The molecule has 0 saturated heterocycles. The normalized spacial score (nSPS) is 14.2. The molecule has 132 valence electrons. The molecule has 0 atom stereocenters. The Morgan fingerprint density at radius 3 is 2.58 bits per heavy atom. The number of nitriles is 1. The zero-order valence-corrected chi connectivity index (χ0v) is 14.9. The maximum Gasteiger partial charge on any atom is 0.121 e. The fourth-order valence-corrected chi connectivity index (χ4v) is 3.64. The Morgan fingerprint density at radius 1 is 1.12 bits per heavy atom. The number of ether oxygens (including phenoxy) is 2. The average molecular weight is 346 g/mol. The van der Waals surface area contributed by atoms with Crippen LogP contribution < -0.4 is 4.74 Å². The minimum atomic E-state index is 0.448. The maximum atomic E-state index is 9.90. The standard InChI is InChI=1S/C22H22N2O2/c1-25-12-13-26-18-10-11-19-20(15-23)22(16-6-3-2-4-7-16)24(21(19)14-18)17-8-5-9-17/h2-4,6-7,10-11,14,17H,5,8-9,12-13H2,1H3. The van der Waals surface area contributed by atoms with Gasteiger partial charge in [-0.3, -0.25) is 0 Å². The molecular weight excluding hydrogens is 324 g/mol. The number of hydrogen-bond acceptors (Lipinski definition) is 3. The molecule has 4 rings (SSSR count). The van der Waals surface area contributed by atoms with Crippen molar-refractivity contribution in [2.45, 2.75) is 25.3 Å². The van der Waals surface area contributed by atoms with E-state index < -0.39 is 0 Å². The Hall–Kier alpha value is -2.77. The summed E-state index contributed by atoms with van der Waals surface area (Å²) in [6.45, 7) is 1.07. The van der Waals surface area contributed by atoms with Crippen LogP contribution in [0.15, 0.2) is 48.5 Å². The molecule has 0 bridgehead atoms. The first kappa shape index (κ1) is 16.7. The van der Waals surface area contributed by atoms with Gasteiger partial charge in [0.2, 0.25) is 0 Å². The van der Waals surface area contributed by atoms with Gasteiger partial charge in [-0.15, -0.1) is 0 Å². The van der Waals surface area contributed by atoms with E-state index in [-0.39, 0.29) is 0 Å². The third-order valence-corrected chi connectivity index (χ3v) is 5.13. The van der Waals surface area contributed by atoms with Gasteiger partial charge in [0.25, 0.3) is 0 Å². The second-order valence-electron chi connectivity index (χ2n) is 6.68. The molecule has 1 heterocycles. The van der Waals surface area contributed by atoms with Crippen molar-refractivity contribution < 1.29 is 9.47 Å². The summed E-state index contributed by atoms with van der Waals surface area (Å²) in [7, 11) is 1.67. The van der Waals surface area contributed by atoms with E-state index in [0.717, 1.165) is 46.3 Å². The quantitative estimate of drug-likeness (QED) is 0.595. The van der Waals surface area contributed by atoms with Crippen LogP contribution in [0.1, 0.15) is 30.9 Å². The molecule has 3 aromatic rings. The average Bonchev–Trinajstić information content (AvgIpc) is 2.95. The van der Waals surface area contributed by atoms with E-state index in [9.17, 15) is 5.26 Å². The van der Waals surface area contributed by atoms with Crippen LogP contribution in [0.25, 0.3) is 22.2 Å². The number of nitrogens with zero attached hydrogens (tertiary/aromatic N) is 2. The summed E-state index contributed by atoms with van der Waals surface area (Å²) in [5.41, 5.74) is 3.96. The molecule has 0 amide bonds. The zero-order chi connectivity index (χ0) is 17.9. The summed E-state index contributed by atoms with van der Waals surface area (Å²) >= 11 is 0. The van der Waals surface area contributed by atoms with Crippen molar-refractivity contribution in [2.75, 3.05) is 20.3 Å². The lowest BCUT2D eigenvalue weighted by atomic mass is 9.92. The minimum Gasteiger partial charge on any atom is -0.491 e. The van der Waals surface area contributed by atoms with Gasteiger partial charge in [-0.2, -0.15) is 5.26 Å². The fraction of sp³-hybridized carbons (Fsp3) is 0.318. The van der Waals surface area contributed by atoms with Crippen LogP contribution in [0.5, 0.6) is 5.75 Å². The Kier molecular flexibility index (Phi) is 4.64. The van der Waals surface area contributed by atoms with E-state index in [4.69, 9.17) is 9.47 Å². The van der Waals surface area contributed by atoms with Gasteiger partial charge in [0.05, 0.1) is 23.4 Å². The molecule has 0 unspecified atom stereocenters. The number of rotatable bonds is 6. The molecule has 0 aliphatic heterocycles. The number of fused-ring (bicyclic) bond motifs is 1. The highest BCUT2D eigenvalue weighted by molar-refractivity contribution is 5.95. The van der Waals surface area contributed by atoms with Crippen LogP contribution in [0.2, 0.25) is 0 Å². The van der Waals surface area contributed by atoms with Crippen molar-refractivity contribution in [1.29, 1.82) is 5.26 Å². The second kappa shape index (κ2) is 7.23. The van der Waals surface area contributed by atoms with Crippen molar-refractivity contribution in [2.24, 2.45) is 0 Å². The highest BCUT2D eigenvalue weighted by Crippen LogP contribution is 2.43. The lowest BCUT2D eigenvalue weighted by Crippen LogP contribution is -2.17. The van der Waals surface area contributed by atoms with Gasteiger partial charge < -0.3 is 14.0 Å². The lowest BCUT2D eigenvalue weighted by molar-refractivity contribution is 0.146. The van der Waals surface area contributed by atoms with Crippen molar-refractivity contribution in [3.8, 4) is 23.1 Å². The molecule has 0 radical (unpaired) electrons. The van der Waals surface area contributed by atoms with Crippen LogP contribution in [-0.2, 0) is 4.74 Å². The molecule has 1 aliphatic carbocycles. The highest BCUT2D eigenvalue weighted by Gasteiger charge is 2.27. The van der Waals surface area contributed by atoms with Gasteiger partial charge in [-0.25, -0.2) is 0 Å². The summed E-state index contributed by atoms with van der Waals surface area (Å²) < 4.78 is 13.2. The predicted octanol–water partition coefficient (Wildman–Crippen LogP) is 4.93. The van der Waals surface area contributed by atoms with E-state index >= 15 is 0 Å². The first-order valence-corrected chi connectivity index (χ1v) is 9.08. The van der Waals surface area contributed by atoms with Gasteiger partial charge >= 0.3 is 0 Å². The van der Waals surface area contributed by atoms with Gasteiger partial charge in [-0.05, 0) is 37.0 Å². The van der Waals surface area contributed by atoms with Gasteiger partial charge in [-0.1, -0.05) is 30.3 Å². The summed E-state index contributed by atoms with van der Waals surface area (Å²) in [5, 5.41) is 10.9. The Morgan fingerprint density at radius 2 is 1.92 bits per heavy atom.